The van der Waals surface area contributed by atoms with E-state index in [-0.39, 0.29) is 24.1 Å². The van der Waals surface area contributed by atoms with Gasteiger partial charge in [-0.1, -0.05) is 6.07 Å². The molecule has 0 saturated carbocycles. The van der Waals surface area contributed by atoms with Gasteiger partial charge in [0.05, 0.1) is 12.2 Å². The Kier molecular flexibility index (Phi) is 5.29. The lowest BCUT2D eigenvalue weighted by Gasteiger charge is -2.22. The van der Waals surface area contributed by atoms with Gasteiger partial charge in [-0.2, -0.15) is 0 Å². The van der Waals surface area contributed by atoms with Gasteiger partial charge >= 0.3 is 0 Å². The fourth-order valence-electron chi connectivity index (χ4n) is 3.31. The molecule has 3 aromatic rings. The molecule has 27 heavy (non-hydrogen) atoms. The number of carbonyl (C=O) groups excluding carboxylic acids is 1. The highest BCUT2D eigenvalue weighted by Gasteiger charge is 2.28. The van der Waals surface area contributed by atoms with E-state index in [1.807, 2.05) is 6.07 Å². The third kappa shape index (κ3) is 4.07. The number of nitrogens with zero attached hydrogens (tertiary/aromatic N) is 2. The Hall–Kier alpha value is -2.16. The van der Waals surface area contributed by atoms with Crippen molar-refractivity contribution in [2.24, 2.45) is 0 Å². The smallest absolute Gasteiger partial charge is 0.240 e. The minimum absolute atomic E-state index is 0.0871. The molecule has 1 fully saturated rings. The van der Waals surface area contributed by atoms with Crippen molar-refractivity contribution in [3.05, 3.63) is 57.6 Å². The number of hydrogen-bond acceptors (Lipinski definition) is 5. The average molecular weight is 405 g/mol. The quantitative estimate of drug-likeness (QED) is 0.655. The van der Waals surface area contributed by atoms with Gasteiger partial charge in [-0.15, -0.1) is 22.7 Å². The number of amides is 1. The van der Waals surface area contributed by atoms with E-state index in [0.717, 1.165) is 37.6 Å². The Morgan fingerprint density at radius 1 is 1.30 bits per heavy atom. The number of carbonyl (C=O) groups is 1. The molecule has 0 spiro atoms. The predicted octanol–water partition coefficient (Wildman–Crippen LogP) is 4.93. The first-order valence-electron chi connectivity index (χ1n) is 8.58. The van der Waals surface area contributed by atoms with Crippen LogP contribution in [0.15, 0.2) is 41.1 Å². The summed E-state index contributed by atoms with van der Waals surface area (Å²) in [6.07, 6.45) is 2.12. The van der Waals surface area contributed by atoms with Gasteiger partial charge in [0.15, 0.2) is 5.13 Å². The van der Waals surface area contributed by atoms with Crippen molar-refractivity contribution in [3.63, 3.8) is 0 Å². The zero-order valence-electron chi connectivity index (χ0n) is 14.3. The molecule has 1 unspecified atom stereocenters. The first kappa shape index (κ1) is 18.2. The monoisotopic (exact) mass is 405 g/mol. The van der Waals surface area contributed by atoms with E-state index < -0.39 is 11.6 Å². The number of thiazole rings is 1. The Balaban J connectivity index is 1.42. The Bertz CT molecular complexity index is 942. The molecule has 2 aromatic heterocycles. The van der Waals surface area contributed by atoms with E-state index in [1.165, 1.54) is 16.2 Å². The fraction of sp³-hybridized carbons (Fsp3) is 0.263. The molecule has 1 atom stereocenters. The number of rotatable bonds is 5. The van der Waals surface area contributed by atoms with Crippen molar-refractivity contribution in [2.75, 3.05) is 18.4 Å². The molecule has 1 aliphatic heterocycles. The maximum Gasteiger partial charge on any atom is 0.240 e. The third-order valence-corrected chi connectivity index (χ3v) is 6.27. The first-order chi connectivity index (χ1) is 13.1. The number of thiophene rings is 1. The molecule has 1 N–H and O–H groups in total. The van der Waals surface area contributed by atoms with E-state index in [1.54, 1.807) is 16.7 Å². The zero-order valence-corrected chi connectivity index (χ0v) is 16.0. The lowest BCUT2D eigenvalue weighted by atomic mass is 10.1. The molecule has 1 amide bonds. The number of hydrogen-bond donors (Lipinski definition) is 1. The highest BCUT2D eigenvalue weighted by Crippen LogP contribution is 2.34. The third-order valence-electron chi connectivity index (χ3n) is 4.54. The van der Waals surface area contributed by atoms with Crippen molar-refractivity contribution in [1.82, 2.24) is 9.88 Å². The van der Waals surface area contributed by atoms with Crippen molar-refractivity contribution in [1.29, 1.82) is 0 Å². The molecule has 1 aromatic carbocycles. The number of nitrogens with one attached hydrogen (secondary N) is 1. The molecule has 0 bridgehead atoms. The van der Waals surface area contributed by atoms with Crippen LogP contribution in [0.4, 0.5) is 13.9 Å². The van der Waals surface area contributed by atoms with Gasteiger partial charge in [-0.25, -0.2) is 13.8 Å². The molecule has 0 radical (unpaired) electrons. The topological polar surface area (TPSA) is 45.2 Å². The molecular weight excluding hydrogens is 388 g/mol. The van der Waals surface area contributed by atoms with E-state index in [0.29, 0.717) is 10.8 Å². The molecule has 3 heterocycles. The maximum atomic E-state index is 13.9. The second-order valence-corrected chi connectivity index (χ2v) is 8.19. The van der Waals surface area contributed by atoms with Crippen molar-refractivity contribution >= 4 is 33.7 Å². The van der Waals surface area contributed by atoms with Crippen LogP contribution < -0.4 is 5.32 Å². The zero-order chi connectivity index (χ0) is 18.8. The fourth-order valence-corrected chi connectivity index (χ4v) is 4.93. The second kappa shape index (κ2) is 7.84. The summed E-state index contributed by atoms with van der Waals surface area (Å²) in [5.41, 5.74) is 0.397. The van der Waals surface area contributed by atoms with Gasteiger partial charge in [0.2, 0.25) is 5.91 Å². The molecule has 0 aliphatic carbocycles. The van der Waals surface area contributed by atoms with Gasteiger partial charge in [0, 0.05) is 21.9 Å². The lowest BCUT2D eigenvalue weighted by molar-refractivity contribution is -0.117. The highest BCUT2D eigenvalue weighted by molar-refractivity contribution is 7.14. The van der Waals surface area contributed by atoms with E-state index in [9.17, 15) is 13.6 Å². The molecule has 1 aliphatic rings. The number of benzene rings is 1. The largest absolute Gasteiger partial charge is 0.301 e. The van der Waals surface area contributed by atoms with Crippen LogP contribution in [-0.2, 0) is 4.79 Å². The van der Waals surface area contributed by atoms with Gasteiger partial charge in [-0.05, 0) is 49.0 Å². The van der Waals surface area contributed by atoms with Crippen molar-refractivity contribution in [2.45, 2.75) is 18.9 Å². The molecule has 8 heteroatoms. The summed E-state index contributed by atoms with van der Waals surface area (Å²) in [6.45, 7) is 1.17. The number of aromatic nitrogens is 1. The molecule has 4 rings (SSSR count). The van der Waals surface area contributed by atoms with E-state index in [2.05, 4.69) is 26.6 Å². The summed E-state index contributed by atoms with van der Waals surface area (Å²) in [5, 5.41) is 6.81. The summed E-state index contributed by atoms with van der Waals surface area (Å²) in [5.74, 6) is -1.23. The molecule has 140 valence electrons. The maximum absolute atomic E-state index is 13.9. The normalized spacial score (nSPS) is 17.3. The highest BCUT2D eigenvalue weighted by atomic mass is 32.1. The summed E-state index contributed by atoms with van der Waals surface area (Å²) in [6, 6.07) is 7.65. The van der Waals surface area contributed by atoms with Gasteiger partial charge in [-0.3, -0.25) is 9.69 Å². The SMILES string of the molecule is O=C(CN1CCCC1c1cccs1)Nc1nc(-c2cc(F)ccc2F)cs1. The number of halogens is 2. The standard InChI is InChI=1S/C19H17F2N3OS2/c20-12-5-6-14(21)13(9-12)15-11-27-19(22-15)23-18(25)10-24-7-1-3-16(24)17-4-2-8-26-17/h2,4-6,8-9,11,16H,1,3,7,10H2,(H,22,23,25). The Morgan fingerprint density at radius 3 is 3.00 bits per heavy atom. The summed E-state index contributed by atoms with van der Waals surface area (Å²) in [4.78, 5) is 20.1. The van der Waals surface area contributed by atoms with Gasteiger partial charge in [0.25, 0.3) is 0 Å². The molecular formula is C19H17F2N3OS2. The van der Waals surface area contributed by atoms with Gasteiger partial charge in [0.1, 0.15) is 11.6 Å². The van der Waals surface area contributed by atoms with Crippen LogP contribution >= 0.6 is 22.7 Å². The van der Waals surface area contributed by atoms with Crippen molar-refractivity contribution in [3.8, 4) is 11.3 Å². The summed E-state index contributed by atoms with van der Waals surface area (Å²) < 4.78 is 27.2. The second-order valence-electron chi connectivity index (χ2n) is 6.35. The summed E-state index contributed by atoms with van der Waals surface area (Å²) in [7, 11) is 0. The van der Waals surface area contributed by atoms with E-state index >= 15 is 0 Å². The number of anilines is 1. The van der Waals surface area contributed by atoms with E-state index in [4.69, 9.17) is 0 Å². The van der Waals surface area contributed by atoms with Crippen LogP contribution in [0, 0.1) is 11.6 Å². The van der Waals surface area contributed by atoms with Crippen LogP contribution in [0.2, 0.25) is 0 Å². The molecule has 1 saturated heterocycles. The lowest BCUT2D eigenvalue weighted by Crippen LogP contribution is -2.32. The van der Waals surface area contributed by atoms with Crippen LogP contribution in [0.3, 0.4) is 0 Å². The Labute approximate surface area is 163 Å². The minimum Gasteiger partial charge on any atom is -0.301 e. The van der Waals surface area contributed by atoms with Crippen LogP contribution in [0.1, 0.15) is 23.8 Å². The average Bonchev–Trinajstić information content (AvgIpc) is 3.38. The predicted molar refractivity (Wildman–Crippen MR) is 104 cm³/mol. The minimum atomic E-state index is -0.546. The Morgan fingerprint density at radius 2 is 2.19 bits per heavy atom. The van der Waals surface area contributed by atoms with Crippen LogP contribution in [-0.4, -0.2) is 28.9 Å². The van der Waals surface area contributed by atoms with Gasteiger partial charge < -0.3 is 5.32 Å². The van der Waals surface area contributed by atoms with Crippen molar-refractivity contribution < 1.29 is 13.6 Å². The molecule has 4 nitrogen and oxygen atoms in total. The first-order valence-corrected chi connectivity index (χ1v) is 10.3. The summed E-state index contributed by atoms with van der Waals surface area (Å²) >= 11 is 2.90. The van der Waals surface area contributed by atoms with Crippen LogP contribution in [0.25, 0.3) is 11.3 Å². The van der Waals surface area contributed by atoms with Crippen LogP contribution in [0.5, 0.6) is 0 Å². The number of likely N-dealkylation sites (tertiary alicyclic amines) is 1.